The third kappa shape index (κ3) is 12.6. The number of ether oxygens (including phenoxy) is 2. The van der Waals surface area contributed by atoms with E-state index in [1.807, 2.05) is 69.3 Å². The van der Waals surface area contributed by atoms with Crippen LogP contribution in [0.15, 0.2) is 97.5 Å². The number of rotatable bonds is 21. The van der Waals surface area contributed by atoms with Gasteiger partial charge in [-0.3, -0.25) is 14.4 Å². The number of unbranched alkanes of at least 4 members (excludes halogenated alkanes) is 2. The summed E-state index contributed by atoms with van der Waals surface area (Å²) in [6.07, 6.45) is 5.52. The first kappa shape index (κ1) is 50.6. The van der Waals surface area contributed by atoms with Crippen LogP contribution in [-0.4, -0.2) is 88.2 Å². The normalized spacial score (nSPS) is 19.9. The number of halogens is 1. The van der Waals surface area contributed by atoms with Crippen LogP contribution < -0.4 is 20.7 Å². The minimum Gasteiger partial charge on any atom is -0.489 e. The monoisotopic (exact) mass is 931 g/mol. The van der Waals surface area contributed by atoms with Crippen LogP contribution in [0.4, 0.5) is 5.69 Å². The van der Waals surface area contributed by atoms with Gasteiger partial charge in [0.25, 0.3) is 5.91 Å². The Morgan fingerprint density at radius 1 is 0.985 bits per heavy atom. The fourth-order valence-electron chi connectivity index (χ4n) is 9.67. The number of likely N-dealkylation sites (tertiary alicyclic amines) is 1. The molecule has 1 aliphatic heterocycles. The van der Waals surface area contributed by atoms with E-state index < -0.39 is 23.5 Å². The molecule has 1 aromatic heterocycles. The molecule has 2 aliphatic rings. The van der Waals surface area contributed by atoms with Crippen molar-refractivity contribution in [3.8, 4) is 23.2 Å². The highest BCUT2D eigenvalue weighted by Gasteiger charge is 2.64. The summed E-state index contributed by atoms with van der Waals surface area (Å²) < 4.78 is 12.1. The number of hydrogen-bond acceptors (Lipinski definition) is 11. The second-order valence-electron chi connectivity index (χ2n) is 20.1. The number of β-amino-alcohol motifs (C(OH)–C–C–N with tert-alkyl or cyclic N) is 1. The van der Waals surface area contributed by atoms with Crippen molar-refractivity contribution in [2.45, 2.75) is 111 Å². The van der Waals surface area contributed by atoms with Crippen LogP contribution in [0.3, 0.4) is 0 Å². The Morgan fingerprint density at radius 3 is 2.31 bits per heavy atom. The van der Waals surface area contributed by atoms with Gasteiger partial charge in [-0.15, -0.1) is 0 Å². The second-order valence-corrected chi connectivity index (χ2v) is 20.5. The Labute approximate surface area is 400 Å². The molecule has 0 bridgehead atoms. The third-order valence-electron chi connectivity index (χ3n) is 13.2. The average molecular weight is 933 g/mol. The molecule has 0 spiro atoms. The average Bonchev–Trinajstić information content (AvgIpc) is 3.70. The van der Waals surface area contributed by atoms with Gasteiger partial charge in [0.2, 0.25) is 5.91 Å². The zero-order valence-electron chi connectivity index (χ0n) is 39.9. The van der Waals surface area contributed by atoms with E-state index in [4.69, 9.17) is 21.1 Å². The molecule has 2 heterocycles. The smallest absolute Gasteiger partial charge is 0.251 e. The molecule has 2 fully saturated rings. The number of ketones is 1. The maximum Gasteiger partial charge on any atom is 0.251 e. The van der Waals surface area contributed by atoms with Gasteiger partial charge in [-0.25, -0.2) is 9.97 Å². The molecular formula is C53H66ClN7O6. The van der Waals surface area contributed by atoms with Crippen LogP contribution in [0.1, 0.15) is 102 Å². The number of nitrogens with one attached hydrogen (secondary N) is 3. The molecule has 1 saturated carbocycles. The van der Waals surface area contributed by atoms with E-state index >= 15 is 0 Å². The number of Topliss-reactive ketones (excluding diaryl/α,β-unsaturated/α-hetero) is 1. The summed E-state index contributed by atoms with van der Waals surface area (Å²) in [5.74, 6) is 0.194. The van der Waals surface area contributed by atoms with E-state index in [1.54, 1.807) is 41.6 Å². The summed E-state index contributed by atoms with van der Waals surface area (Å²) in [6, 6.07) is 23.7. The lowest BCUT2D eigenvalue weighted by Gasteiger charge is -2.63. The first-order valence-electron chi connectivity index (χ1n) is 23.2. The molecule has 67 heavy (non-hydrogen) atoms. The number of anilines is 1. The van der Waals surface area contributed by atoms with Gasteiger partial charge in [-0.05, 0) is 72.7 Å². The molecule has 1 aliphatic carbocycles. The van der Waals surface area contributed by atoms with Crippen molar-refractivity contribution in [3.63, 3.8) is 0 Å². The highest BCUT2D eigenvalue weighted by atomic mass is 35.5. The number of hydrogen-bond donors (Lipinski definition) is 4. The van der Waals surface area contributed by atoms with Crippen LogP contribution in [0.25, 0.3) is 11.4 Å². The molecule has 2 amide bonds. The Kier molecular flexibility index (Phi) is 16.5. The topological polar surface area (TPSA) is 179 Å². The number of aliphatic hydroxyl groups is 1. The van der Waals surface area contributed by atoms with Crippen molar-refractivity contribution in [3.05, 3.63) is 119 Å². The fourth-order valence-corrected chi connectivity index (χ4v) is 9.88. The molecule has 0 radical (unpaired) electrons. The number of carbonyl (C=O) groups excluding carboxylic acids is 3. The quantitative estimate of drug-likeness (QED) is 0.0587. The molecule has 4 aromatic rings. The molecule has 13 nitrogen and oxygen atoms in total. The Bertz CT molecular complexity index is 2380. The highest BCUT2D eigenvalue weighted by molar-refractivity contribution is 6.31. The van der Waals surface area contributed by atoms with Crippen molar-refractivity contribution in [2.75, 3.05) is 31.6 Å². The van der Waals surface area contributed by atoms with E-state index in [9.17, 15) is 24.8 Å². The molecule has 356 valence electrons. The van der Waals surface area contributed by atoms with E-state index in [0.29, 0.717) is 53.0 Å². The summed E-state index contributed by atoms with van der Waals surface area (Å²) >= 11 is 6.24. The standard InChI is InChI=1S/C53H66ClN7O6/c1-34(59-31-35-13-15-36(16-14-35)46-57-24-12-25-58-46)45-28-40(62)32-61(45)48(65)43(51(2,3)4)27-41(63)33-66-26-11-9-10-23-56-39-20-17-37(18-21-39)47(64)60-49-52(5,6)50(53(49,7)8)67-42-22-19-38(30-55)44(54)29-42/h12-22,24-25,29,40,43,45,49-50,56,59,62H,1,9-11,23,26-28,31-33H2,2-8H3,(H,60,64)/t40-,43-,45+,49?,50?/m1/s1. The molecule has 3 atom stereocenters. The molecule has 14 heteroatoms. The summed E-state index contributed by atoms with van der Waals surface area (Å²) in [5.41, 5.74) is 3.21. The van der Waals surface area contributed by atoms with Crippen LogP contribution in [-0.2, 0) is 20.9 Å². The van der Waals surface area contributed by atoms with E-state index in [2.05, 4.69) is 66.3 Å². The largest absolute Gasteiger partial charge is 0.489 e. The number of benzene rings is 3. The van der Waals surface area contributed by atoms with Crippen LogP contribution in [0.2, 0.25) is 5.02 Å². The zero-order chi connectivity index (χ0) is 48.5. The lowest BCUT2D eigenvalue weighted by molar-refractivity contribution is -0.164. The molecule has 1 saturated heterocycles. The molecule has 3 aromatic carbocycles. The van der Waals surface area contributed by atoms with Gasteiger partial charge in [-0.1, -0.05) is 90.9 Å². The molecular weight excluding hydrogens is 866 g/mol. The number of nitrogens with zero attached hydrogens (tertiary/aromatic N) is 4. The van der Waals surface area contributed by atoms with Crippen molar-refractivity contribution in [1.82, 2.24) is 25.5 Å². The Hall–Kier alpha value is -5.81. The van der Waals surface area contributed by atoms with Gasteiger partial charge < -0.3 is 35.4 Å². The van der Waals surface area contributed by atoms with Crippen molar-refractivity contribution >= 4 is 34.9 Å². The number of aromatic nitrogens is 2. The number of amides is 2. The van der Waals surface area contributed by atoms with Gasteiger partial charge >= 0.3 is 0 Å². The van der Waals surface area contributed by atoms with E-state index in [1.165, 1.54) is 0 Å². The van der Waals surface area contributed by atoms with Crippen molar-refractivity contribution in [2.24, 2.45) is 22.2 Å². The summed E-state index contributed by atoms with van der Waals surface area (Å²) in [4.78, 5) is 51.0. The summed E-state index contributed by atoms with van der Waals surface area (Å²) in [7, 11) is 0. The van der Waals surface area contributed by atoms with Crippen molar-refractivity contribution in [1.29, 1.82) is 5.26 Å². The van der Waals surface area contributed by atoms with Crippen LogP contribution in [0.5, 0.6) is 5.75 Å². The summed E-state index contributed by atoms with van der Waals surface area (Å²) in [5, 5.41) is 30.3. The number of carbonyl (C=O) groups is 3. The van der Waals surface area contributed by atoms with Crippen LogP contribution in [0, 0.1) is 33.5 Å². The van der Waals surface area contributed by atoms with Crippen LogP contribution >= 0.6 is 11.6 Å². The molecule has 4 N–H and O–H groups in total. The maximum absolute atomic E-state index is 14.1. The predicted octanol–water partition coefficient (Wildman–Crippen LogP) is 8.77. The third-order valence-corrected chi connectivity index (χ3v) is 13.5. The molecule has 0 unspecified atom stereocenters. The van der Waals surface area contributed by atoms with E-state index in [-0.39, 0.29) is 60.1 Å². The predicted molar refractivity (Wildman–Crippen MR) is 261 cm³/mol. The maximum atomic E-state index is 14.1. The van der Waals surface area contributed by atoms with Gasteiger partial charge in [-0.2, -0.15) is 5.26 Å². The van der Waals surface area contributed by atoms with Gasteiger partial charge in [0.1, 0.15) is 24.5 Å². The highest BCUT2D eigenvalue weighted by Crippen LogP contribution is 2.55. The van der Waals surface area contributed by atoms with Gasteiger partial charge in [0.05, 0.1) is 22.7 Å². The van der Waals surface area contributed by atoms with E-state index in [0.717, 1.165) is 42.6 Å². The number of aliphatic hydroxyl groups excluding tert-OH is 1. The Morgan fingerprint density at radius 2 is 1.67 bits per heavy atom. The lowest BCUT2D eigenvalue weighted by atomic mass is 9.49. The van der Waals surface area contributed by atoms with Crippen molar-refractivity contribution < 1.29 is 29.0 Å². The zero-order valence-corrected chi connectivity index (χ0v) is 40.7. The lowest BCUT2D eigenvalue weighted by Crippen LogP contribution is -2.74. The van der Waals surface area contributed by atoms with Gasteiger partial charge in [0.15, 0.2) is 11.6 Å². The van der Waals surface area contributed by atoms with Gasteiger partial charge in [0, 0.05) is 103 Å². The minimum absolute atomic E-state index is 0.0481. The molecule has 6 rings (SSSR count). The Balaban J connectivity index is 0.877. The minimum atomic E-state index is -0.689. The SMILES string of the molecule is C=C(NCc1ccc(-c2ncccn2)cc1)[C@@H]1C[C@@H](O)CN1C(=O)[C@@H](CC(=O)COCCCCCNc1ccc(C(=O)NC2C(C)(C)C(Oc3ccc(C#N)c(Cl)c3)C2(C)C)cc1)C(C)(C)C. The first-order valence-corrected chi connectivity index (χ1v) is 23.6. The first-order chi connectivity index (χ1) is 31.8. The second kappa shape index (κ2) is 21.9. The number of nitriles is 1. The summed E-state index contributed by atoms with van der Waals surface area (Å²) in [6.45, 7) is 20.2. The fraction of sp³-hybridized carbons (Fsp3) is 0.472.